The Morgan fingerprint density at radius 2 is 0.784 bits per heavy atom. The highest BCUT2D eigenvalue weighted by atomic mass is 16.2. The zero-order valence-corrected chi connectivity index (χ0v) is 19.9. The second-order valence-corrected chi connectivity index (χ2v) is 9.97. The van der Waals surface area contributed by atoms with Crippen LogP contribution in [0.3, 0.4) is 0 Å². The number of allylic oxidation sites excluding steroid dienone is 2. The molecule has 4 atom stereocenters. The smallest absolute Gasteiger partial charge is 0.232 e. The zero-order valence-electron chi connectivity index (χ0n) is 19.9. The van der Waals surface area contributed by atoms with E-state index in [0.29, 0.717) is 0 Å². The molecule has 7 rings (SSSR count). The Morgan fingerprint density at radius 1 is 0.459 bits per heavy atom. The molecule has 3 aliphatic rings. The SMILES string of the molecule is O=C1NC(=O)C2C1C1(c3ccccc3)C(=O)C2(c2ccccc2)C(c2ccccc2)=C1c1ccccc1. The Balaban J connectivity index is 1.73. The normalized spacial score (nSPS) is 27.9. The van der Waals surface area contributed by atoms with Crippen LogP contribution in [-0.2, 0) is 25.2 Å². The molecule has 2 bridgehead atoms. The first-order valence-electron chi connectivity index (χ1n) is 12.5. The lowest BCUT2D eigenvalue weighted by Crippen LogP contribution is -2.44. The summed E-state index contributed by atoms with van der Waals surface area (Å²) in [6.45, 7) is 0. The number of hydrogen-bond donors (Lipinski definition) is 1. The van der Waals surface area contributed by atoms with Crippen molar-refractivity contribution in [1.29, 1.82) is 0 Å². The molecule has 2 amide bonds. The Morgan fingerprint density at radius 3 is 1.14 bits per heavy atom. The van der Waals surface area contributed by atoms with Crippen molar-refractivity contribution in [2.45, 2.75) is 10.8 Å². The maximum Gasteiger partial charge on any atom is 0.232 e. The minimum Gasteiger partial charge on any atom is -0.297 e. The topological polar surface area (TPSA) is 63.2 Å². The van der Waals surface area contributed by atoms with Crippen LogP contribution in [0.25, 0.3) is 11.1 Å². The first kappa shape index (κ1) is 21.7. The molecule has 0 radical (unpaired) electrons. The number of fused-ring (bicyclic) bond motifs is 5. The van der Waals surface area contributed by atoms with Crippen molar-refractivity contribution in [3.8, 4) is 0 Å². The van der Waals surface area contributed by atoms with Crippen molar-refractivity contribution in [3.63, 3.8) is 0 Å². The van der Waals surface area contributed by atoms with Gasteiger partial charge in [0.2, 0.25) is 11.8 Å². The van der Waals surface area contributed by atoms with Gasteiger partial charge >= 0.3 is 0 Å². The number of nitrogens with one attached hydrogen (secondary N) is 1. The summed E-state index contributed by atoms with van der Waals surface area (Å²) in [7, 11) is 0. The van der Waals surface area contributed by atoms with E-state index in [-0.39, 0.29) is 17.6 Å². The van der Waals surface area contributed by atoms with Gasteiger partial charge in [0, 0.05) is 0 Å². The summed E-state index contributed by atoms with van der Waals surface area (Å²) in [4.78, 5) is 42.6. The molecule has 4 aromatic carbocycles. The van der Waals surface area contributed by atoms with Gasteiger partial charge in [0.15, 0.2) is 5.78 Å². The van der Waals surface area contributed by atoms with Crippen LogP contribution in [-0.4, -0.2) is 17.6 Å². The molecule has 1 aliphatic heterocycles. The monoisotopic (exact) mass is 481 g/mol. The fourth-order valence-corrected chi connectivity index (χ4v) is 7.26. The second-order valence-electron chi connectivity index (χ2n) is 9.97. The van der Waals surface area contributed by atoms with Crippen molar-refractivity contribution < 1.29 is 14.4 Å². The van der Waals surface area contributed by atoms with E-state index in [1.54, 1.807) is 0 Å². The Bertz CT molecular complexity index is 1480. The predicted molar refractivity (Wildman–Crippen MR) is 141 cm³/mol. The van der Waals surface area contributed by atoms with Crippen LogP contribution in [0.1, 0.15) is 22.3 Å². The van der Waals surface area contributed by atoms with E-state index in [1.165, 1.54) is 0 Å². The minimum atomic E-state index is -1.31. The molecule has 178 valence electrons. The van der Waals surface area contributed by atoms with Crippen molar-refractivity contribution in [2.24, 2.45) is 11.8 Å². The fraction of sp³-hybridized carbons (Fsp3) is 0.121. The molecule has 4 nitrogen and oxygen atoms in total. The molecule has 4 unspecified atom stereocenters. The van der Waals surface area contributed by atoms with Crippen molar-refractivity contribution in [2.75, 3.05) is 0 Å². The summed E-state index contributed by atoms with van der Waals surface area (Å²) < 4.78 is 0. The number of Topliss-reactive ketones (excluding diaryl/α,β-unsaturated/α-hetero) is 1. The number of rotatable bonds is 4. The van der Waals surface area contributed by atoms with Gasteiger partial charge in [-0.05, 0) is 33.4 Å². The molecule has 2 fully saturated rings. The number of carbonyl (C=O) groups excluding carboxylic acids is 3. The van der Waals surface area contributed by atoms with Gasteiger partial charge in [-0.1, -0.05) is 121 Å². The van der Waals surface area contributed by atoms with Crippen molar-refractivity contribution in [1.82, 2.24) is 5.32 Å². The molecule has 0 aromatic heterocycles. The van der Waals surface area contributed by atoms with Crippen LogP contribution < -0.4 is 5.32 Å². The number of carbonyl (C=O) groups is 3. The molecule has 0 spiro atoms. The second kappa shape index (κ2) is 7.71. The third-order valence-corrected chi connectivity index (χ3v) is 8.42. The fourth-order valence-electron chi connectivity index (χ4n) is 7.26. The van der Waals surface area contributed by atoms with Gasteiger partial charge in [0.1, 0.15) is 0 Å². The largest absolute Gasteiger partial charge is 0.297 e. The zero-order chi connectivity index (χ0) is 25.2. The summed E-state index contributed by atoms with van der Waals surface area (Å²) >= 11 is 0. The molecule has 1 saturated carbocycles. The highest BCUT2D eigenvalue weighted by Gasteiger charge is 2.81. The number of amides is 2. The summed E-state index contributed by atoms with van der Waals surface area (Å²) in [5.74, 6) is -2.57. The van der Waals surface area contributed by atoms with Gasteiger partial charge in [0.25, 0.3) is 0 Å². The van der Waals surface area contributed by atoms with Crippen LogP contribution in [0, 0.1) is 11.8 Å². The molecular formula is C33H23NO3. The maximum atomic E-state index is 15.3. The average molecular weight is 482 g/mol. The number of benzene rings is 4. The predicted octanol–water partition coefficient (Wildman–Crippen LogP) is 4.96. The highest BCUT2D eigenvalue weighted by molar-refractivity contribution is 6.35. The third kappa shape index (κ3) is 2.54. The van der Waals surface area contributed by atoms with E-state index < -0.39 is 22.7 Å². The third-order valence-electron chi connectivity index (χ3n) is 8.42. The Labute approximate surface area is 214 Å². The van der Waals surface area contributed by atoms with E-state index in [2.05, 4.69) is 5.32 Å². The molecule has 37 heavy (non-hydrogen) atoms. The summed E-state index contributed by atoms with van der Waals surface area (Å²) in [6, 6.07) is 38.8. The van der Waals surface area contributed by atoms with Crippen LogP contribution in [0.2, 0.25) is 0 Å². The first-order chi connectivity index (χ1) is 18.1. The van der Waals surface area contributed by atoms with Crippen LogP contribution in [0.4, 0.5) is 0 Å². The quantitative estimate of drug-likeness (QED) is 0.419. The van der Waals surface area contributed by atoms with Crippen LogP contribution >= 0.6 is 0 Å². The molecule has 4 heteroatoms. The lowest BCUT2D eigenvalue weighted by Gasteiger charge is -2.39. The minimum absolute atomic E-state index is 0.103. The van der Waals surface area contributed by atoms with Crippen molar-refractivity contribution >= 4 is 28.7 Å². The summed E-state index contributed by atoms with van der Waals surface area (Å²) in [5, 5.41) is 2.62. The Kier molecular flexibility index (Phi) is 4.52. The maximum absolute atomic E-state index is 15.3. The summed E-state index contributed by atoms with van der Waals surface area (Å²) in [5.41, 5.74) is 2.22. The van der Waals surface area contributed by atoms with Gasteiger partial charge < -0.3 is 0 Å². The average Bonchev–Trinajstić information content (AvgIpc) is 3.49. The number of hydrogen-bond acceptors (Lipinski definition) is 3. The van der Waals surface area contributed by atoms with Gasteiger partial charge in [-0.3, -0.25) is 19.7 Å². The highest BCUT2D eigenvalue weighted by Crippen LogP contribution is 2.73. The van der Waals surface area contributed by atoms with Gasteiger partial charge in [-0.2, -0.15) is 0 Å². The molecule has 1 saturated heterocycles. The Hall–Kier alpha value is -4.57. The van der Waals surface area contributed by atoms with Gasteiger partial charge in [-0.25, -0.2) is 0 Å². The first-order valence-corrected chi connectivity index (χ1v) is 12.5. The lowest BCUT2D eigenvalue weighted by atomic mass is 9.59. The molecule has 2 aliphatic carbocycles. The lowest BCUT2D eigenvalue weighted by molar-refractivity contribution is -0.132. The molecule has 1 N–H and O–H groups in total. The molecule has 1 heterocycles. The number of ketones is 1. The van der Waals surface area contributed by atoms with E-state index >= 15 is 4.79 Å². The van der Waals surface area contributed by atoms with Crippen LogP contribution in [0.15, 0.2) is 121 Å². The molecule has 4 aromatic rings. The van der Waals surface area contributed by atoms with Gasteiger partial charge in [0.05, 0.1) is 22.7 Å². The van der Waals surface area contributed by atoms with E-state index in [0.717, 1.165) is 33.4 Å². The van der Waals surface area contributed by atoms with E-state index in [1.807, 2.05) is 121 Å². The van der Waals surface area contributed by atoms with Crippen LogP contribution in [0.5, 0.6) is 0 Å². The summed E-state index contributed by atoms with van der Waals surface area (Å²) in [6.07, 6.45) is 0. The van der Waals surface area contributed by atoms with Gasteiger partial charge in [-0.15, -0.1) is 0 Å². The van der Waals surface area contributed by atoms with Crippen molar-refractivity contribution in [3.05, 3.63) is 144 Å². The number of imide groups is 1. The van der Waals surface area contributed by atoms with E-state index in [4.69, 9.17) is 0 Å². The molecular weight excluding hydrogens is 458 g/mol. The standard InChI is InChI=1S/C33H23NO3/c35-29-27-28(30(36)34-29)33(24-19-11-4-12-20-24)26(22-15-7-2-8-16-22)25(21-13-5-1-6-14-21)32(27,31(33)37)23-17-9-3-10-18-23/h1-20,27-28H,(H,34,35,36). The van der Waals surface area contributed by atoms with E-state index in [9.17, 15) is 9.59 Å².